The number of carbonyl (C=O) groups is 1. The minimum atomic E-state index is 0.328. The van der Waals surface area contributed by atoms with Gasteiger partial charge in [0.05, 0.1) is 0 Å². The first-order valence-electron chi connectivity index (χ1n) is 3.86. The van der Waals surface area contributed by atoms with Gasteiger partial charge in [-0.2, -0.15) is 0 Å². The SMILES string of the molecule is CC(=O)CCC1CN(C)C1. The fourth-order valence-electron chi connectivity index (χ4n) is 1.42. The van der Waals surface area contributed by atoms with Gasteiger partial charge in [0.25, 0.3) is 0 Å². The molecule has 1 aliphatic heterocycles. The smallest absolute Gasteiger partial charge is 0.129 e. The molecule has 0 aromatic heterocycles. The summed E-state index contributed by atoms with van der Waals surface area (Å²) in [5, 5.41) is 0. The Morgan fingerprint density at radius 1 is 1.60 bits per heavy atom. The third kappa shape index (κ3) is 2.10. The number of hydrogen-bond acceptors (Lipinski definition) is 2. The molecule has 0 spiro atoms. The van der Waals surface area contributed by atoms with E-state index in [2.05, 4.69) is 11.9 Å². The molecule has 0 radical (unpaired) electrons. The van der Waals surface area contributed by atoms with Gasteiger partial charge in [-0.25, -0.2) is 0 Å². The van der Waals surface area contributed by atoms with Gasteiger partial charge in [0.15, 0.2) is 0 Å². The van der Waals surface area contributed by atoms with Crippen LogP contribution in [0.5, 0.6) is 0 Å². The highest BCUT2D eigenvalue weighted by molar-refractivity contribution is 5.75. The summed E-state index contributed by atoms with van der Waals surface area (Å²) in [5.74, 6) is 1.13. The minimum absolute atomic E-state index is 0.328. The molecule has 0 amide bonds. The zero-order valence-corrected chi connectivity index (χ0v) is 6.76. The first-order chi connectivity index (χ1) is 4.68. The van der Waals surface area contributed by atoms with Crippen molar-refractivity contribution in [2.75, 3.05) is 20.1 Å². The Balaban J connectivity index is 2.00. The zero-order chi connectivity index (χ0) is 7.56. The van der Waals surface area contributed by atoms with Crippen molar-refractivity contribution < 1.29 is 4.79 Å². The molecule has 10 heavy (non-hydrogen) atoms. The van der Waals surface area contributed by atoms with E-state index < -0.39 is 0 Å². The van der Waals surface area contributed by atoms with Crippen LogP contribution in [-0.4, -0.2) is 30.8 Å². The molecule has 0 aromatic carbocycles. The molecule has 1 aliphatic rings. The molecule has 0 saturated carbocycles. The third-order valence-corrected chi connectivity index (χ3v) is 2.04. The Labute approximate surface area is 62.2 Å². The maximum Gasteiger partial charge on any atom is 0.129 e. The van der Waals surface area contributed by atoms with Crippen molar-refractivity contribution in [2.24, 2.45) is 5.92 Å². The second kappa shape index (κ2) is 3.15. The van der Waals surface area contributed by atoms with Crippen LogP contribution in [0, 0.1) is 5.92 Å². The van der Waals surface area contributed by atoms with Gasteiger partial charge in [0.1, 0.15) is 5.78 Å². The number of Topliss-reactive ketones (excluding diaryl/α,β-unsaturated/α-hetero) is 1. The second-order valence-electron chi connectivity index (χ2n) is 3.33. The van der Waals surface area contributed by atoms with Gasteiger partial charge < -0.3 is 9.69 Å². The van der Waals surface area contributed by atoms with Gasteiger partial charge in [0.2, 0.25) is 0 Å². The number of likely N-dealkylation sites (tertiary alicyclic amines) is 1. The Hall–Kier alpha value is -0.370. The molecule has 0 aromatic rings. The highest BCUT2D eigenvalue weighted by Gasteiger charge is 2.22. The van der Waals surface area contributed by atoms with Crippen molar-refractivity contribution in [3.8, 4) is 0 Å². The highest BCUT2D eigenvalue weighted by Crippen LogP contribution is 2.17. The number of hydrogen-bond donors (Lipinski definition) is 0. The number of carbonyl (C=O) groups excluding carboxylic acids is 1. The zero-order valence-electron chi connectivity index (χ0n) is 6.76. The summed E-state index contributed by atoms with van der Waals surface area (Å²) >= 11 is 0. The van der Waals surface area contributed by atoms with Gasteiger partial charge in [0, 0.05) is 19.5 Å². The van der Waals surface area contributed by atoms with E-state index in [1.54, 1.807) is 6.92 Å². The number of rotatable bonds is 3. The lowest BCUT2D eigenvalue weighted by molar-refractivity contribution is -0.117. The van der Waals surface area contributed by atoms with Crippen LogP contribution in [0.4, 0.5) is 0 Å². The third-order valence-electron chi connectivity index (χ3n) is 2.04. The Bertz CT molecular complexity index is 127. The summed E-state index contributed by atoms with van der Waals surface area (Å²) in [6, 6.07) is 0. The predicted octanol–water partition coefficient (Wildman–Crippen LogP) is 0.917. The average Bonchev–Trinajstić information content (AvgIpc) is 1.77. The van der Waals surface area contributed by atoms with E-state index in [0.717, 1.165) is 18.8 Å². The van der Waals surface area contributed by atoms with Gasteiger partial charge in [-0.3, -0.25) is 0 Å². The fourth-order valence-corrected chi connectivity index (χ4v) is 1.42. The van der Waals surface area contributed by atoms with E-state index in [1.165, 1.54) is 13.1 Å². The molecular formula is C8H15NO. The number of nitrogens with zero attached hydrogens (tertiary/aromatic N) is 1. The normalized spacial score (nSPS) is 20.6. The van der Waals surface area contributed by atoms with E-state index >= 15 is 0 Å². The lowest BCUT2D eigenvalue weighted by Gasteiger charge is -2.36. The lowest BCUT2D eigenvalue weighted by Crippen LogP contribution is -2.43. The van der Waals surface area contributed by atoms with Crippen LogP contribution in [-0.2, 0) is 4.79 Å². The van der Waals surface area contributed by atoms with Crippen molar-refractivity contribution in [1.82, 2.24) is 4.90 Å². The van der Waals surface area contributed by atoms with E-state index in [4.69, 9.17) is 0 Å². The maximum absolute atomic E-state index is 10.6. The van der Waals surface area contributed by atoms with E-state index in [9.17, 15) is 4.79 Å². The molecule has 2 heteroatoms. The lowest BCUT2D eigenvalue weighted by atomic mass is 9.95. The molecule has 1 rings (SSSR count). The molecule has 0 bridgehead atoms. The van der Waals surface area contributed by atoms with Crippen molar-refractivity contribution in [2.45, 2.75) is 19.8 Å². The molecule has 1 heterocycles. The van der Waals surface area contributed by atoms with E-state index in [-0.39, 0.29) is 0 Å². The van der Waals surface area contributed by atoms with E-state index in [0.29, 0.717) is 5.78 Å². The Kier molecular flexibility index (Phi) is 2.44. The van der Waals surface area contributed by atoms with Crippen molar-refractivity contribution in [1.29, 1.82) is 0 Å². The molecule has 0 unspecified atom stereocenters. The molecule has 0 atom stereocenters. The molecule has 58 valence electrons. The van der Waals surface area contributed by atoms with Gasteiger partial charge in [-0.05, 0) is 26.3 Å². The standard InChI is InChI=1S/C8H15NO/c1-7(10)3-4-8-5-9(2)6-8/h8H,3-6H2,1-2H3. The fraction of sp³-hybridized carbons (Fsp3) is 0.875. The summed E-state index contributed by atoms with van der Waals surface area (Å²) in [4.78, 5) is 12.8. The number of ketones is 1. The van der Waals surface area contributed by atoms with Crippen LogP contribution in [0.2, 0.25) is 0 Å². The van der Waals surface area contributed by atoms with Gasteiger partial charge in [-0.1, -0.05) is 0 Å². The van der Waals surface area contributed by atoms with Crippen LogP contribution in [0.1, 0.15) is 19.8 Å². The first kappa shape index (κ1) is 7.73. The highest BCUT2D eigenvalue weighted by atomic mass is 16.1. The Morgan fingerprint density at radius 2 is 2.20 bits per heavy atom. The summed E-state index contributed by atoms with van der Waals surface area (Å²) in [6.07, 6.45) is 1.87. The maximum atomic E-state index is 10.6. The summed E-state index contributed by atoms with van der Waals surface area (Å²) in [7, 11) is 2.12. The Morgan fingerprint density at radius 3 is 2.60 bits per heavy atom. The predicted molar refractivity (Wildman–Crippen MR) is 40.9 cm³/mol. The van der Waals surface area contributed by atoms with Crippen LogP contribution < -0.4 is 0 Å². The van der Waals surface area contributed by atoms with Crippen LogP contribution in [0.25, 0.3) is 0 Å². The largest absolute Gasteiger partial charge is 0.306 e. The van der Waals surface area contributed by atoms with Gasteiger partial charge >= 0.3 is 0 Å². The summed E-state index contributed by atoms with van der Waals surface area (Å²) < 4.78 is 0. The molecular weight excluding hydrogens is 126 g/mol. The average molecular weight is 141 g/mol. The molecule has 1 saturated heterocycles. The summed E-state index contributed by atoms with van der Waals surface area (Å²) in [5.41, 5.74) is 0. The van der Waals surface area contributed by atoms with Crippen LogP contribution >= 0.6 is 0 Å². The molecule has 0 N–H and O–H groups in total. The van der Waals surface area contributed by atoms with Gasteiger partial charge in [-0.15, -0.1) is 0 Å². The minimum Gasteiger partial charge on any atom is -0.306 e. The topological polar surface area (TPSA) is 20.3 Å². The quantitative estimate of drug-likeness (QED) is 0.582. The van der Waals surface area contributed by atoms with Crippen molar-refractivity contribution in [3.05, 3.63) is 0 Å². The summed E-state index contributed by atoms with van der Waals surface area (Å²) in [6.45, 7) is 4.04. The van der Waals surface area contributed by atoms with Crippen molar-refractivity contribution >= 4 is 5.78 Å². The molecule has 2 nitrogen and oxygen atoms in total. The van der Waals surface area contributed by atoms with E-state index in [1.807, 2.05) is 0 Å². The van der Waals surface area contributed by atoms with Crippen LogP contribution in [0.15, 0.2) is 0 Å². The second-order valence-corrected chi connectivity index (χ2v) is 3.33. The monoisotopic (exact) mass is 141 g/mol. The van der Waals surface area contributed by atoms with Crippen LogP contribution in [0.3, 0.4) is 0 Å². The molecule has 0 aliphatic carbocycles. The van der Waals surface area contributed by atoms with Crippen molar-refractivity contribution in [3.63, 3.8) is 0 Å². The molecule has 1 fully saturated rings. The first-order valence-corrected chi connectivity index (χ1v) is 3.86.